The first-order valence-corrected chi connectivity index (χ1v) is 8.79. The third kappa shape index (κ3) is 3.31. The van der Waals surface area contributed by atoms with Crippen LogP contribution in [0.5, 0.6) is 11.5 Å². The van der Waals surface area contributed by atoms with E-state index in [1.807, 2.05) is 23.1 Å². The number of hydrogen-bond acceptors (Lipinski definition) is 7. The van der Waals surface area contributed by atoms with Gasteiger partial charge in [-0.2, -0.15) is 0 Å². The number of hydrogen-bond donors (Lipinski definition) is 1. The number of para-hydroxylation sites is 2. The first-order valence-electron chi connectivity index (χ1n) is 8.79. The van der Waals surface area contributed by atoms with E-state index in [0.717, 1.165) is 5.69 Å². The second-order valence-electron chi connectivity index (χ2n) is 6.53. The minimum atomic E-state index is -0.682. The van der Waals surface area contributed by atoms with Gasteiger partial charge in [-0.1, -0.05) is 12.1 Å². The van der Waals surface area contributed by atoms with E-state index >= 15 is 0 Å². The van der Waals surface area contributed by atoms with Gasteiger partial charge in [-0.15, -0.1) is 0 Å². The number of benzene rings is 2. The van der Waals surface area contributed by atoms with Gasteiger partial charge < -0.3 is 24.4 Å². The predicted octanol–water partition coefficient (Wildman–Crippen LogP) is 1.97. The van der Waals surface area contributed by atoms with Crippen LogP contribution in [0.15, 0.2) is 36.4 Å². The Morgan fingerprint density at radius 2 is 2.18 bits per heavy atom. The first kappa shape index (κ1) is 18.1. The lowest BCUT2D eigenvalue weighted by Gasteiger charge is -2.36. The summed E-state index contributed by atoms with van der Waals surface area (Å²) in [6.45, 7) is 0.992. The zero-order valence-corrected chi connectivity index (χ0v) is 15.2. The topological polar surface area (TPSA) is 103 Å². The summed E-state index contributed by atoms with van der Waals surface area (Å²) in [5, 5.41) is 13.9. The molecule has 0 fully saturated rings. The number of likely N-dealkylation sites (N-methyl/N-ethyl adjacent to an activating group) is 1. The summed E-state index contributed by atoms with van der Waals surface area (Å²) in [4.78, 5) is 25.0. The van der Waals surface area contributed by atoms with E-state index in [2.05, 4.69) is 5.32 Å². The third-order valence-corrected chi connectivity index (χ3v) is 4.74. The molecule has 0 unspecified atom stereocenters. The van der Waals surface area contributed by atoms with Crippen molar-refractivity contribution in [3.05, 3.63) is 57.6 Å². The molecule has 0 radical (unpaired) electrons. The van der Waals surface area contributed by atoms with Crippen molar-refractivity contribution in [3.63, 3.8) is 0 Å². The molecular formula is C19H19N3O6. The Morgan fingerprint density at radius 1 is 1.36 bits per heavy atom. The quantitative estimate of drug-likeness (QED) is 0.634. The van der Waals surface area contributed by atoms with Gasteiger partial charge in [0, 0.05) is 36.9 Å². The Kier molecular flexibility index (Phi) is 4.74. The van der Waals surface area contributed by atoms with E-state index in [4.69, 9.17) is 14.2 Å². The molecule has 1 amide bonds. The summed E-state index contributed by atoms with van der Waals surface area (Å²) in [5.41, 5.74) is 2.10. The number of non-ortho nitro benzene ring substituents is 1. The van der Waals surface area contributed by atoms with Crippen molar-refractivity contribution < 1.29 is 23.9 Å². The average Bonchev–Trinajstić information content (AvgIpc) is 2.72. The number of carbonyl (C=O) groups is 1. The Balaban J connectivity index is 1.72. The highest BCUT2D eigenvalue weighted by Crippen LogP contribution is 2.38. The molecule has 0 spiro atoms. The van der Waals surface area contributed by atoms with Gasteiger partial charge in [-0.25, -0.2) is 0 Å². The van der Waals surface area contributed by atoms with Gasteiger partial charge in [0.2, 0.25) is 0 Å². The average molecular weight is 385 g/mol. The fourth-order valence-corrected chi connectivity index (χ4v) is 3.46. The van der Waals surface area contributed by atoms with Crippen LogP contribution in [0.1, 0.15) is 11.1 Å². The summed E-state index contributed by atoms with van der Waals surface area (Å²) in [5.74, 6) is 0.952. The molecule has 4 rings (SSSR count). The van der Waals surface area contributed by atoms with Gasteiger partial charge in [0.1, 0.15) is 11.5 Å². The second-order valence-corrected chi connectivity index (χ2v) is 6.53. The minimum Gasteiger partial charge on any atom is -0.477 e. The van der Waals surface area contributed by atoms with Crippen LogP contribution in [-0.4, -0.2) is 37.3 Å². The molecular weight excluding hydrogens is 366 g/mol. The molecule has 2 aliphatic rings. The normalized spacial score (nSPS) is 17.6. The van der Waals surface area contributed by atoms with Crippen molar-refractivity contribution in [2.24, 2.45) is 0 Å². The van der Waals surface area contributed by atoms with Gasteiger partial charge in [0.15, 0.2) is 12.9 Å². The summed E-state index contributed by atoms with van der Waals surface area (Å²) in [7, 11) is 1.56. The fourth-order valence-electron chi connectivity index (χ4n) is 3.46. The summed E-state index contributed by atoms with van der Waals surface area (Å²) < 4.78 is 16.7. The molecule has 9 heteroatoms. The molecule has 2 aliphatic heterocycles. The van der Waals surface area contributed by atoms with E-state index < -0.39 is 11.0 Å². The molecule has 1 N–H and O–H groups in total. The van der Waals surface area contributed by atoms with Gasteiger partial charge in [0.05, 0.1) is 23.8 Å². The Hall–Kier alpha value is -3.33. The predicted molar refractivity (Wildman–Crippen MR) is 99.4 cm³/mol. The van der Waals surface area contributed by atoms with E-state index in [-0.39, 0.29) is 25.0 Å². The molecule has 0 aliphatic carbocycles. The zero-order valence-electron chi connectivity index (χ0n) is 15.2. The number of nitrogens with zero attached hydrogens (tertiary/aromatic N) is 2. The standard InChI is InChI=1S/C19H19N3O6/c1-20-19(23)17-9-21(15-4-2-3-5-16(15)28-17)8-12-6-14(22(24)25)7-13-10-26-11-27-18(12)13/h2-7,17H,8-11H2,1H3,(H,20,23)/t17-/m0/s1. The van der Waals surface area contributed by atoms with Crippen molar-refractivity contribution in [1.29, 1.82) is 0 Å². The van der Waals surface area contributed by atoms with Crippen molar-refractivity contribution in [2.75, 3.05) is 25.3 Å². The lowest BCUT2D eigenvalue weighted by Crippen LogP contribution is -2.48. The van der Waals surface area contributed by atoms with Gasteiger partial charge >= 0.3 is 0 Å². The molecule has 2 aromatic carbocycles. The van der Waals surface area contributed by atoms with Gasteiger partial charge in [0.25, 0.3) is 11.6 Å². The number of anilines is 1. The second kappa shape index (κ2) is 7.35. The maximum absolute atomic E-state index is 12.2. The van der Waals surface area contributed by atoms with E-state index in [0.29, 0.717) is 35.7 Å². The lowest BCUT2D eigenvalue weighted by atomic mass is 10.0. The van der Waals surface area contributed by atoms with Crippen LogP contribution in [0.3, 0.4) is 0 Å². The van der Waals surface area contributed by atoms with E-state index in [1.54, 1.807) is 13.1 Å². The monoisotopic (exact) mass is 385 g/mol. The molecule has 2 heterocycles. The number of rotatable bonds is 4. The number of carbonyl (C=O) groups excluding carboxylic acids is 1. The number of fused-ring (bicyclic) bond motifs is 2. The molecule has 1 atom stereocenters. The molecule has 0 saturated carbocycles. The maximum atomic E-state index is 12.2. The number of nitrogens with one attached hydrogen (secondary N) is 1. The number of nitro benzene ring substituents is 1. The largest absolute Gasteiger partial charge is 0.477 e. The van der Waals surface area contributed by atoms with E-state index in [1.165, 1.54) is 12.1 Å². The maximum Gasteiger partial charge on any atom is 0.270 e. The SMILES string of the molecule is CNC(=O)[C@@H]1CN(Cc2cc([N+](=O)[O-])cc3c2OCOC3)c2ccccc2O1. The Morgan fingerprint density at radius 3 is 2.96 bits per heavy atom. The molecule has 146 valence electrons. The number of amides is 1. The van der Waals surface area contributed by atoms with Crippen LogP contribution in [-0.2, 0) is 22.7 Å². The third-order valence-electron chi connectivity index (χ3n) is 4.74. The molecule has 9 nitrogen and oxygen atoms in total. The number of ether oxygens (including phenoxy) is 3. The summed E-state index contributed by atoms with van der Waals surface area (Å²) >= 11 is 0. The van der Waals surface area contributed by atoms with Crippen LogP contribution in [0.4, 0.5) is 11.4 Å². The van der Waals surface area contributed by atoms with Crippen LogP contribution in [0.2, 0.25) is 0 Å². The molecule has 2 aromatic rings. The fraction of sp³-hybridized carbons (Fsp3) is 0.316. The van der Waals surface area contributed by atoms with Crippen molar-refractivity contribution in [2.45, 2.75) is 19.3 Å². The molecule has 0 aromatic heterocycles. The highest BCUT2D eigenvalue weighted by molar-refractivity contribution is 5.83. The van der Waals surface area contributed by atoms with Crippen molar-refractivity contribution in [3.8, 4) is 11.5 Å². The van der Waals surface area contributed by atoms with Gasteiger partial charge in [-0.3, -0.25) is 14.9 Å². The van der Waals surface area contributed by atoms with Crippen LogP contribution in [0, 0.1) is 10.1 Å². The summed E-state index contributed by atoms with van der Waals surface area (Å²) in [6.07, 6.45) is -0.682. The smallest absolute Gasteiger partial charge is 0.270 e. The van der Waals surface area contributed by atoms with Gasteiger partial charge in [-0.05, 0) is 12.1 Å². The van der Waals surface area contributed by atoms with Crippen molar-refractivity contribution in [1.82, 2.24) is 5.32 Å². The molecule has 0 saturated heterocycles. The van der Waals surface area contributed by atoms with Crippen LogP contribution < -0.4 is 19.7 Å². The van der Waals surface area contributed by atoms with E-state index in [9.17, 15) is 14.9 Å². The Bertz CT molecular complexity index is 932. The lowest BCUT2D eigenvalue weighted by molar-refractivity contribution is -0.385. The highest BCUT2D eigenvalue weighted by atomic mass is 16.7. The van der Waals surface area contributed by atoms with Crippen LogP contribution >= 0.6 is 0 Å². The minimum absolute atomic E-state index is 0.0211. The Labute approximate surface area is 160 Å². The first-order chi connectivity index (χ1) is 13.6. The zero-order chi connectivity index (χ0) is 19.7. The molecule has 0 bridgehead atoms. The highest BCUT2D eigenvalue weighted by Gasteiger charge is 2.31. The number of nitro groups is 1. The van der Waals surface area contributed by atoms with Crippen LogP contribution in [0.25, 0.3) is 0 Å². The molecule has 28 heavy (non-hydrogen) atoms. The summed E-state index contributed by atoms with van der Waals surface area (Å²) in [6, 6.07) is 10.4. The van der Waals surface area contributed by atoms with Crippen molar-refractivity contribution >= 4 is 17.3 Å².